The number of esters is 3. The average molecular weight is 559 g/mol. The molecule has 3 spiro atoms. The summed E-state index contributed by atoms with van der Waals surface area (Å²) in [5.74, 6) is -1.25. The van der Waals surface area contributed by atoms with Crippen molar-refractivity contribution in [3.63, 3.8) is 0 Å². The molecule has 0 aromatic carbocycles. The van der Waals surface area contributed by atoms with Crippen molar-refractivity contribution in [1.29, 1.82) is 0 Å². The van der Waals surface area contributed by atoms with E-state index in [9.17, 15) is 19.5 Å². The highest BCUT2D eigenvalue weighted by Gasteiger charge is 2.83. The summed E-state index contributed by atoms with van der Waals surface area (Å²) < 4.78 is 42.1. The summed E-state index contributed by atoms with van der Waals surface area (Å²) in [4.78, 5) is 38.6. The largest absolute Gasteiger partial charge is 0.495 e. The summed E-state index contributed by atoms with van der Waals surface area (Å²) in [6.07, 6.45) is 3.84. The van der Waals surface area contributed by atoms with Crippen LogP contribution in [0.4, 0.5) is 0 Å². The maximum absolute atomic E-state index is 13.5. The van der Waals surface area contributed by atoms with Gasteiger partial charge in [0.2, 0.25) is 0 Å². The molecule has 40 heavy (non-hydrogen) atoms. The number of cyclic esters (lactones) is 1. The third-order valence-corrected chi connectivity index (χ3v) is 10.5. The first-order valence-electron chi connectivity index (χ1n) is 13.9. The Morgan fingerprint density at radius 1 is 1.18 bits per heavy atom. The van der Waals surface area contributed by atoms with Crippen molar-refractivity contribution >= 4 is 17.9 Å². The molecule has 216 valence electrons. The average Bonchev–Trinajstić information content (AvgIpc) is 3.81. The van der Waals surface area contributed by atoms with E-state index in [4.69, 9.17) is 33.2 Å². The molecule has 0 aromatic heterocycles. The van der Waals surface area contributed by atoms with Gasteiger partial charge in [-0.1, -0.05) is 19.1 Å². The Morgan fingerprint density at radius 3 is 2.73 bits per heavy atom. The normalized spacial score (nSPS) is 51.0. The lowest BCUT2D eigenvalue weighted by molar-refractivity contribution is -0.240. The van der Waals surface area contributed by atoms with E-state index in [1.165, 1.54) is 13.0 Å². The first-order chi connectivity index (χ1) is 19.1. The Bertz CT molecular complexity index is 1250. The fourth-order valence-corrected chi connectivity index (χ4v) is 8.05. The molecular formula is C29H34O11. The minimum absolute atomic E-state index is 0.110. The van der Waals surface area contributed by atoms with E-state index in [1.54, 1.807) is 12.2 Å². The molecule has 2 aliphatic carbocycles. The summed E-state index contributed by atoms with van der Waals surface area (Å²) in [7, 11) is 0. The molecule has 4 bridgehead atoms. The molecule has 10 atom stereocenters. The lowest BCUT2D eigenvalue weighted by Gasteiger charge is -2.59. The number of ether oxygens (including phenoxy) is 7. The van der Waals surface area contributed by atoms with Crippen molar-refractivity contribution in [2.75, 3.05) is 19.8 Å². The molecule has 0 aromatic rings. The zero-order valence-electron chi connectivity index (χ0n) is 22.8. The van der Waals surface area contributed by atoms with E-state index >= 15 is 0 Å². The highest BCUT2D eigenvalue weighted by molar-refractivity contribution is 5.82. The molecule has 4 saturated heterocycles. The summed E-state index contributed by atoms with van der Waals surface area (Å²) in [6.45, 7) is 5.83. The SMILES string of the molecule is CC(=O)O[C@H]1C[C@@]23COC(=O)[C@H]4O[C@@]45CCO/C(=C/C/C=C\C(=O)O[C@@H]4C[C@H](O[C@@H]2C=C1C)[C@@]1(CO1)C43C)C5O. The monoisotopic (exact) mass is 558 g/mol. The molecule has 5 fully saturated rings. The predicted octanol–water partition coefficient (Wildman–Crippen LogP) is 1.42. The van der Waals surface area contributed by atoms with Crippen LogP contribution in [0.2, 0.25) is 0 Å². The van der Waals surface area contributed by atoms with Crippen molar-refractivity contribution in [3.05, 3.63) is 35.6 Å². The number of epoxide rings is 2. The van der Waals surface area contributed by atoms with Gasteiger partial charge in [-0.25, -0.2) is 9.59 Å². The molecule has 0 amide bonds. The quantitative estimate of drug-likeness (QED) is 0.216. The van der Waals surface area contributed by atoms with Crippen LogP contribution in [0.1, 0.15) is 46.5 Å². The summed E-state index contributed by atoms with van der Waals surface area (Å²) >= 11 is 0. The van der Waals surface area contributed by atoms with Crippen LogP contribution in [0.5, 0.6) is 0 Å². The van der Waals surface area contributed by atoms with Gasteiger partial charge < -0.3 is 38.3 Å². The second-order valence-electron chi connectivity index (χ2n) is 12.3. The van der Waals surface area contributed by atoms with E-state index in [1.807, 2.05) is 19.9 Å². The summed E-state index contributed by atoms with van der Waals surface area (Å²) in [6, 6.07) is 0. The van der Waals surface area contributed by atoms with Gasteiger partial charge in [0.1, 0.15) is 41.9 Å². The third-order valence-electron chi connectivity index (χ3n) is 10.5. The predicted molar refractivity (Wildman–Crippen MR) is 133 cm³/mol. The van der Waals surface area contributed by atoms with Crippen LogP contribution < -0.4 is 0 Å². The number of allylic oxidation sites excluding steroid dienone is 2. The third kappa shape index (κ3) is 3.41. The standard InChI is InChI=1S/C29H34O11/c1-15-10-20-27(12-18(15)37-16(2)30)13-35-25(33)24-28(40-24)8-9-34-17(23(28)32)6-4-5-7-22(31)39-19-11-21(38-20)29(14-36-29)26(19,27)3/h5-7,10,18-21,23-24,32H,4,8-9,11-14H2,1-3H3/b7-5-,17-6+/t18-,19+,20+,21-,23?,24+,26?,27+,28+,29-/m0/s1. The van der Waals surface area contributed by atoms with Crippen LogP contribution in [0.3, 0.4) is 0 Å². The highest BCUT2D eigenvalue weighted by Crippen LogP contribution is 2.72. The van der Waals surface area contributed by atoms with Crippen molar-refractivity contribution in [2.45, 2.75) is 94.3 Å². The zero-order chi connectivity index (χ0) is 28.1. The van der Waals surface area contributed by atoms with Crippen LogP contribution in [-0.2, 0) is 47.5 Å². The molecule has 1 N–H and O–H groups in total. The number of carbonyl (C=O) groups is 3. The Hall–Kier alpha value is -2.73. The van der Waals surface area contributed by atoms with Gasteiger partial charge in [0, 0.05) is 32.3 Å². The fourth-order valence-electron chi connectivity index (χ4n) is 8.05. The maximum atomic E-state index is 13.5. The molecular weight excluding hydrogens is 524 g/mol. The minimum atomic E-state index is -1.15. The minimum Gasteiger partial charge on any atom is -0.495 e. The first kappa shape index (κ1) is 26.2. The first-order valence-corrected chi connectivity index (χ1v) is 13.9. The Kier molecular flexibility index (Phi) is 5.66. The second kappa shape index (κ2) is 8.64. The molecule has 7 rings (SSSR count). The highest BCUT2D eigenvalue weighted by atomic mass is 16.7. The molecule has 2 unspecified atom stereocenters. The fraction of sp³-hybridized carbons (Fsp3) is 0.690. The lowest BCUT2D eigenvalue weighted by Crippen LogP contribution is -2.68. The Balaban J connectivity index is 1.31. The molecule has 1 saturated carbocycles. The molecule has 5 heterocycles. The van der Waals surface area contributed by atoms with E-state index in [0.29, 0.717) is 31.6 Å². The van der Waals surface area contributed by atoms with Crippen LogP contribution >= 0.6 is 0 Å². The topological polar surface area (TPSA) is 143 Å². The number of fused-ring (bicyclic) bond motifs is 1. The van der Waals surface area contributed by atoms with Gasteiger partial charge in [-0.15, -0.1) is 0 Å². The van der Waals surface area contributed by atoms with Gasteiger partial charge >= 0.3 is 17.9 Å². The van der Waals surface area contributed by atoms with Crippen molar-refractivity contribution in [3.8, 4) is 0 Å². The molecule has 11 nitrogen and oxygen atoms in total. The number of hydrogen-bond acceptors (Lipinski definition) is 11. The van der Waals surface area contributed by atoms with Gasteiger partial charge in [-0.3, -0.25) is 4.79 Å². The Labute approximate surface area is 231 Å². The number of aliphatic hydroxyl groups is 1. The van der Waals surface area contributed by atoms with Gasteiger partial charge in [-0.2, -0.15) is 0 Å². The smallest absolute Gasteiger partial charge is 0.338 e. The summed E-state index contributed by atoms with van der Waals surface area (Å²) in [5.41, 5.74) is -2.81. The van der Waals surface area contributed by atoms with Gasteiger partial charge in [0.05, 0.1) is 36.3 Å². The van der Waals surface area contributed by atoms with Crippen molar-refractivity contribution in [2.24, 2.45) is 10.8 Å². The van der Waals surface area contributed by atoms with Gasteiger partial charge in [-0.05, 0) is 25.0 Å². The second-order valence-corrected chi connectivity index (χ2v) is 12.3. The van der Waals surface area contributed by atoms with Crippen molar-refractivity contribution < 1.29 is 52.6 Å². The number of aliphatic hydroxyl groups excluding tert-OH is 1. The van der Waals surface area contributed by atoms with Crippen LogP contribution in [-0.4, -0.2) is 90.7 Å². The van der Waals surface area contributed by atoms with Crippen LogP contribution in [0, 0.1) is 10.8 Å². The zero-order valence-corrected chi connectivity index (χ0v) is 22.8. The van der Waals surface area contributed by atoms with Crippen LogP contribution in [0.15, 0.2) is 35.6 Å². The maximum Gasteiger partial charge on any atom is 0.338 e. The van der Waals surface area contributed by atoms with Gasteiger partial charge in [0.25, 0.3) is 0 Å². The number of carbonyl (C=O) groups excluding carboxylic acids is 3. The molecule has 7 aliphatic rings. The Morgan fingerprint density at radius 2 is 1.98 bits per heavy atom. The molecule has 0 radical (unpaired) electrons. The van der Waals surface area contributed by atoms with E-state index < -0.39 is 70.5 Å². The van der Waals surface area contributed by atoms with E-state index in [0.717, 1.165) is 5.57 Å². The van der Waals surface area contributed by atoms with Crippen LogP contribution in [0.25, 0.3) is 0 Å². The van der Waals surface area contributed by atoms with Crippen molar-refractivity contribution in [1.82, 2.24) is 0 Å². The van der Waals surface area contributed by atoms with E-state index in [2.05, 4.69) is 0 Å². The van der Waals surface area contributed by atoms with Gasteiger partial charge in [0.15, 0.2) is 6.10 Å². The van der Waals surface area contributed by atoms with E-state index in [-0.39, 0.29) is 25.7 Å². The molecule has 5 aliphatic heterocycles. The number of rotatable bonds is 1. The summed E-state index contributed by atoms with van der Waals surface area (Å²) in [5, 5.41) is 11.0. The molecule has 11 heteroatoms. The number of hydrogen-bond donors (Lipinski definition) is 1. The lowest BCUT2D eigenvalue weighted by atomic mass is 9.51.